The predicted octanol–water partition coefficient (Wildman–Crippen LogP) is 4.27. The number of aryl methyl sites for hydroxylation is 1. The van der Waals surface area contributed by atoms with E-state index in [9.17, 15) is 9.59 Å². The van der Waals surface area contributed by atoms with Gasteiger partial charge >= 0.3 is 0 Å². The molecular weight excluding hydrogens is 348 g/mol. The normalized spacial score (nSPS) is 10.5. The highest BCUT2D eigenvalue weighted by atomic mass is 16.2. The van der Waals surface area contributed by atoms with E-state index in [1.165, 1.54) is 0 Å². The van der Waals surface area contributed by atoms with Crippen molar-refractivity contribution in [3.63, 3.8) is 0 Å². The average molecular weight is 372 g/mol. The molecule has 2 amide bonds. The standard InChI is InChI=1S/C24H24N2O2/c1-18-9-8-14-21(15-18)26-24(28)17-25-23(27)16-22(19-10-4-2-5-11-19)20-12-6-3-7-13-20/h2-15,22H,16-17H2,1H3,(H,25,27)(H,26,28). The van der Waals surface area contributed by atoms with Gasteiger partial charge in [-0.25, -0.2) is 0 Å². The van der Waals surface area contributed by atoms with Crippen LogP contribution < -0.4 is 10.6 Å². The molecule has 0 saturated carbocycles. The quantitative estimate of drug-likeness (QED) is 0.651. The second kappa shape index (κ2) is 9.51. The second-order valence-corrected chi connectivity index (χ2v) is 6.77. The number of nitrogens with one attached hydrogen (secondary N) is 2. The molecule has 0 atom stereocenters. The number of hydrogen-bond acceptors (Lipinski definition) is 2. The molecule has 0 aliphatic heterocycles. The molecule has 0 bridgehead atoms. The van der Waals surface area contributed by atoms with Gasteiger partial charge in [0, 0.05) is 18.0 Å². The number of anilines is 1. The number of hydrogen-bond donors (Lipinski definition) is 2. The summed E-state index contributed by atoms with van der Waals surface area (Å²) in [6.45, 7) is 1.91. The van der Waals surface area contributed by atoms with Crippen LogP contribution in [0.25, 0.3) is 0 Å². The molecule has 4 heteroatoms. The number of rotatable bonds is 7. The van der Waals surface area contributed by atoms with Crippen molar-refractivity contribution in [2.24, 2.45) is 0 Å². The lowest BCUT2D eigenvalue weighted by atomic mass is 9.88. The maximum absolute atomic E-state index is 12.5. The highest BCUT2D eigenvalue weighted by Crippen LogP contribution is 2.27. The minimum atomic E-state index is -0.241. The van der Waals surface area contributed by atoms with Crippen LogP contribution in [0.4, 0.5) is 5.69 Å². The molecule has 0 fully saturated rings. The molecule has 0 saturated heterocycles. The summed E-state index contributed by atoms with van der Waals surface area (Å²) in [5, 5.41) is 5.54. The van der Waals surface area contributed by atoms with Crippen LogP contribution in [0.3, 0.4) is 0 Å². The fraction of sp³-hybridized carbons (Fsp3) is 0.167. The molecule has 0 heterocycles. The lowest BCUT2D eigenvalue weighted by Gasteiger charge is -2.18. The molecule has 0 aliphatic carbocycles. The van der Waals surface area contributed by atoms with Gasteiger partial charge in [-0.3, -0.25) is 9.59 Å². The molecule has 0 spiro atoms. The summed E-state index contributed by atoms with van der Waals surface area (Å²) >= 11 is 0. The zero-order valence-corrected chi connectivity index (χ0v) is 15.9. The Morgan fingerprint density at radius 1 is 0.786 bits per heavy atom. The summed E-state index contributed by atoms with van der Waals surface area (Å²) in [5.74, 6) is -0.450. The lowest BCUT2D eigenvalue weighted by Crippen LogP contribution is -2.33. The maximum atomic E-state index is 12.5. The third kappa shape index (κ3) is 5.55. The van der Waals surface area contributed by atoms with Crippen LogP contribution >= 0.6 is 0 Å². The molecule has 3 rings (SSSR count). The van der Waals surface area contributed by atoms with Crippen molar-refractivity contribution in [2.75, 3.05) is 11.9 Å². The van der Waals surface area contributed by atoms with E-state index >= 15 is 0 Å². The topological polar surface area (TPSA) is 58.2 Å². The summed E-state index contributed by atoms with van der Waals surface area (Å²) < 4.78 is 0. The van der Waals surface area contributed by atoms with Crippen LogP contribution in [-0.4, -0.2) is 18.4 Å². The van der Waals surface area contributed by atoms with Crippen molar-refractivity contribution in [1.82, 2.24) is 5.32 Å². The van der Waals surface area contributed by atoms with E-state index in [1.54, 1.807) is 0 Å². The summed E-state index contributed by atoms with van der Waals surface area (Å²) in [5.41, 5.74) is 3.95. The van der Waals surface area contributed by atoms with Gasteiger partial charge in [-0.1, -0.05) is 72.8 Å². The average Bonchev–Trinajstić information content (AvgIpc) is 2.72. The number of carbonyl (C=O) groups excluding carboxylic acids is 2. The predicted molar refractivity (Wildman–Crippen MR) is 112 cm³/mol. The summed E-state index contributed by atoms with van der Waals surface area (Å²) in [6.07, 6.45) is 0.283. The summed E-state index contributed by atoms with van der Waals surface area (Å²) in [6, 6.07) is 27.5. The molecule has 28 heavy (non-hydrogen) atoms. The molecule has 3 aromatic carbocycles. The zero-order valence-electron chi connectivity index (χ0n) is 15.9. The van der Waals surface area contributed by atoms with E-state index in [2.05, 4.69) is 10.6 Å². The number of benzene rings is 3. The fourth-order valence-corrected chi connectivity index (χ4v) is 3.16. The van der Waals surface area contributed by atoms with Gasteiger partial charge in [0.25, 0.3) is 0 Å². The van der Waals surface area contributed by atoms with E-state index in [4.69, 9.17) is 0 Å². The molecule has 2 N–H and O–H groups in total. The van der Waals surface area contributed by atoms with Gasteiger partial charge in [-0.2, -0.15) is 0 Å². The van der Waals surface area contributed by atoms with Crippen molar-refractivity contribution in [3.8, 4) is 0 Å². The summed E-state index contributed by atoms with van der Waals surface area (Å²) in [7, 11) is 0. The lowest BCUT2D eigenvalue weighted by molar-refractivity contribution is -0.124. The molecule has 0 aromatic heterocycles. The van der Waals surface area contributed by atoms with Gasteiger partial charge in [0.15, 0.2) is 0 Å². The third-order valence-corrected chi connectivity index (χ3v) is 4.54. The van der Waals surface area contributed by atoms with Crippen LogP contribution in [0.5, 0.6) is 0 Å². The maximum Gasteiger partial charge on any atom is 0.243 e. The zero-order chi connectivity index (χ0) is 19.8. The fourth-order valence-electron chi connectivity index (χ4n) is 3.16. The van der Waals surface area contributed by atoms with E-state index in [0.717, 1.165) is 22.4 Å². The van der Waals surface area contributed by atoms with Crippen LogP contribution in [0.2, 0.25) is 0 Å². The van der Waals surface area contributed by atoms with Crippen molar-refractivity contribution in [3.05, 3.63) is 102 Å². The molecule has 4 nitrogen and oxygen atoms in total. The van der Waals surface area contributed by atoms with Crippen molar-refractivity contribution in [2.45, 2.75) is 19.3 Å². The number of carbonyl (C=O) groups is 2. The van der Waals surface area contributed by atoms with E-state index in [1.807, 2.05) is 91.9 Å². The monoisotopic (exact) mass is 372 g/mol. The Hall–Kier alpha value is -3.40. The first-order valence-corrected chi connectivity index (χ1v) is 9.35. The van der Waals surface area contributed by atoms with Crippen LogP contribution in [-0.2, 0) is 9.59 Å². The molecule has 0 aliphatic rings. The van der Waals surface area contributed by atoms with Gasteiger partial charge in [-0.15, -0.1) is 0 Å². The first kappa shape index (κ1) is 19.4. The van der Waals surface area contributed by atoms with Crippen molar-refractivity contribution >= 4 is 17.5 Å². The smallest absolute Gasteiger partial charge is 0.243 e. The first-order valence-electron chi connectivity index (χ1n) is 9.35. The Labute approximate surface area is 165 Å². The van der Waals surface area contributed by atoms with Crippen molar-refractivity contribution < 1.29 is 9.59 Å². The molecule has 0 unspecified atom stereocenters. The van der Waals surface area contributed by atoms with Crippen LogP contribution in [0.15, 0.2) is 84.9 Å². The number of amides is 2. The Kier molecular flexibility index (Phi) is 6.58. The summed E-state index contributed by atoms with van der Waals surface area (Å²) in [4.78, 5) is 24.6. The van der Waals surface area contributed by atoms with Gasteiger partial charge in [0.1, 0.15) is 0 Å². The minimum absolute atomic E-state index is 0.0525. The van der Waals surface area contributed by atoms with Crippen molar-refractivity contribution in [1.29, 1.82) is 0 Å². The Balaban J connectivity index is 1.60. The van der Waals surface area contributed by atoms with Gasteiger partial charge in [-0.05, 0) is 35.7 Å². The van der Waals surface area contributed by atoms with E-state index < -0.39 is 0 Å². The highest BCUT2D eigenvalue weighted by Gasteiger charge is 2.18. The largest absolute Gasteiger partial charge is 0.347 e. The van der Waals surface area contributed by atoms with Gasteiger partial charge in [0.05, 0.1) is 6.54 Å². The first-order chi connectivity index (χ1) is 13.6. The Morgan fingerprint density at radius 3 is 1.96 bits per heavy atom. The van der Waals surface area contributed by atoms with Gasteiger partial charge < -0.3 is 10.6 Å². The second-order valence-electron chi connectivity index (χ2n) is 6.77. The molecule has 0 radical (unpaired) electrons. The Morgan fingerprint density at radius 2 is 1.39 bits per heavy atom. The van der Waals surface area contributed by atoms with Crippen LogP contribution in [0, 0.1) is 6.92 Å². The molecular formula is C24H24N2O2. The third-order valence-electron chi connectivity index (χ3n) is 4.54. The highest BCUT2D eigenvalue weighted by molar-refractivity contribution is 5.94. The SMILES string of the molecule is Cc1cccc(NC(=O)CNC(=O)CC(c2ccccc2)c2ccccc2)c1. The molecule has 3 aromatic rings. The van der Waals surface area contributed by atoms with Crippen LogP contribution in [0.1, 0.15) is 29.0 Å². The van der Waals surface area contributed by atoms with Gasteiger partial charge in [0.2, 0.25) is 11.8 Å². The van der Waals surface area contributed by atoms with E-state index in [0.29, 0.717) is 0 Å². The van der Waals surface area contributed by atoms with E-state index in [-0.39, 0.29) is 30.7 Å². The Bertz CT molecular complexity index is 884. The minimum Gasteiger partial charge on any atom is -0.347 e. The molecule has 142 valence electrons.